The van der Waals surface area contributed by atoms with E-state index in [2.05, 4.69) is 9.72 Å². The van der Waals surface area contributed by atoms with Gasteiger partial charge in [-0.3, -0.25) is 4.79 Å². The number of carbonyl (C=O) groups is 1. The van der Waals surface area contributed by atoms with Gasteiger partial charge in [0, 0.05) is 16.5 Å². The predicted octanol–water partition coefficient (Wildman–Crippen LogP) is 4.47. The first-order valence-corrected chi connectivity index (χ1v) is 7.93. The number of amides is 1. The van der Waals surface area contributed by atoms with E-state index in [9.17, 15) is 18.0 Å². The largest absolute Gasteiger partial charge is 0.573 e. The van der Waals surface area contributed by atoms with Gasteiger partial charge in [0.05, 0.1) is 5.69 Å². The molecule has 8 heteroatoms. The van der Waals surface area contributed by atoms with Gasteiger partial charge in [-0.2, -0.15) is 0 Å². The molecule has 1 heterocycles. The van der Waals surface area contributed by atoms with Crippen LogP contribution in [0.15, 0.2) is 53.9 Å². The molecule has 0 aliphatic carbocycles. The van der Waals surface area contributed by atoms with Crippen LogP contribution in [0.25, 0.3) is 22.4 Å². The molecular formula is C17H11F3N2O2S. The number of thiazole rings is 1. The van der Waals surface area contributed by atoms with E-state index < -0.39 is 12.3 Å². The quantitative estimate of drug-likeness (QED) is 0.743. The summed E-state index contributed by atoms with van der Waals surface area (Å²) < 4.78 is 43.1. The fraction of sp³-hybridized carbons (Fsp3) is 0.0588. The number of halogens is 3. The lowest BCUT2D eigenvalue weighted by Gasteiger charge is -2.16. The van der Waals surface area contributed by atoms with Gasteiger partial charge in [0.1, 0.15) is 5.75 Å². The number of benzene rings is 2. The molecule has 0 aliphatic rings. The van der Waals surface area contributed by atoms with Crippen LogP contribution in [0.2, 0.25) is 0 Å². The minimum absolute atomic E-state index is 0.0121. The van der Waals surface area contributed by atoms with Gasteiger partial charge in [-0.05, 0) is 11.6 Å². The molecule has 0 unspecified atom stereocenters. The van der Waals surface area contributed by atoms with E-state index in [0.717, 1.165) is 11.3 Å². The summed E-state index contributed by atoms with van der Waals surface area (Å²) in [4.78, 5) is 15.2. The number of hydrogen-bond acceptors (Lipinski definition) is 4. The number of ether oxygens (including phenoxy) is 1. The number of alkyl halides is 3. The van der Waals surface area contributed by atoms with Crippen LogP contribution in [0, 0.1) is 0 Å². The summed E-state index contributed by atoms with van der Waals surface area (Å²) in [5.41, 5.74) is 6.31. The monoisotopic (exact) mass is 364 g/mol. The van der Waals surface area contributed by atoms with E-state index >= 15 is 0 Å². The molecule has 3 aromatic rings. The first kappa shape index (κ1) is 17.0. The Labute approximate surface area is 144 Å². The van der Waals surface area contributed by atoms with Crippen LogP contribution in [0.3, 0.4) is 0 Å². The summed E-state index contributed by atoms with van der Waals surface area (Å²) in [6.07, 6.45) is -4.87. The SMILES string of the molecule is NC(=O)c1nc(-c2cccc(-c3ccccc3)c2OC(F)(F)F)cs1. The summed E-state index contributed by atoms with van der Waals surface area (Å²) in [5, 5.41) is 1.48. The summed E-state index contributed by atoms with van der Waals surface area (Å²) in [6, 6.07) is 13.1. The lowest BCUT2D eigenvalue weighted by atomic mass is 10.0. The van der Waals surface area contributed by atoms with Crippen molar-refractivity contribution in [1.29, 1.82) is 0 Å². The van der Waals surface area contributed by atoms with Gasteiger partial charge in [-0.1, -0.05) is 42.5 Å². The third kappa shape index (κ3) is 3.80. The molecule has 0 radical (unpaired) electrons. The fourth-order valence-electron chi connectivity index (χ4n) is 2.32. The van der Waals surface area contributed by atoms with Crippen LogP contribution < -0.4 is 10.5 Å². The highest BCUT2D eigenvalue weighted by Gasteiger charge is 2.34. The molecule has 25 heavy (non-hydrogen) atoms. The fourth-order valence-corrected chi connectivity index (χ4v) is 2.99. The molecule has 128 valence electrons. The second-order valence-electron chi connectivity index (χ2n) is 5.00. The Morgan fingerprint density at radius 2 is 1.72 bits per heavy atom. The molecule has 4 nitrogen and oxygen atoms in total. The van der Waals surface area contributed by atoms with Crippen LogP contribution in [0.5, 0.6) is 5.75 Å². The van der Waals surface area contributed by atoms with Crippen molar-refractivity contribution in [3.05, 3.63) is 58.9 Å². The molecule has 0 aliphatic heterocycles. The number of hydrogen-bond donors (Lipinski definition) is 1. The summed E-state index contributed by atoms with van der Waals surface area (Å²) in [5.74, 6) is -1.11. The zero-order chi connectivity index (χ0) is 18.0. The molecule has 0 saturated heterocycles. The van der Waals surface area contributed by atoms with E-state index in [0.29, 0.717) is 5.56 Å². The van der Waals surface area contributed by atoms with Crippen molar-refractivity contribution >= 4 is 17.2 Å². The lowest BCUT2D eigenvalue weighted by Crippen LogP contribution is -2.18. The maximum atomic E-state index is 13.0. The number of rotatable bonds is 4. The summed E-state index contributed by atoms with van der Waals surface area (Å²) in [7, 11) is 0. The maximum Gasteiger partial charge on any atom is 0.573 e. The maximum absolute atomic E-state index is 13.0. The normalized spacial score (nSPS) is 11.3. The average Bonchev–Trinajstić information content (AvgIpc) is 3.04. The topological polar surface area (TPSA) is 65.2 Å². The van der Waals surface area contributed by atoms with Crippen molar-refractivity contribution in [1.82, 2.24) is 4.98 Å². The molecular weight excluding hydrogens is 353 g/mol. The van der Waals surface area contributed by atoms with Crippen molar-refractivity contribution < 1.29 is 22.7 Å². The molecule has 0 fully saturated rings. The van der Waals surface area contributed by atoms with Gasteiger partial charge in [0.2, 0.25) is 0 Å². The number of para-hydroxylation sites is 1. The number of nitrogens with two attached hydrogens (primary N) is 1. The van der Waals surface area contributed by atoms with Crippen LogP contribution in [0.4, 0.5) is 13.2 Å². The third-order valence-electron chi connectivity index (χ3n) is 3.31. The highest BCUT2D eigenvalue weighted by molar-refractivity contribution is 7.12. The predicted molar refractivity (Wildman–Crippen MR) is 88.2 cm³/mol. The highest BCUT2D eigenvalue weighted by Crippen LogP contribution is 2.41. The van der Waals surface area contributed by atoms with Crippen LogP contribution >= 0.6 is 11.3 Å². The zero-order valence-corrected chi connectivity index (χ0v) is 13.4. The Bertz CT molecular complexity index is 908. The molecule has 0 bridgehead atoms. The molecule has 1 aromatic heterocycles. The van der Waals surface area contributed by atoms with Gasteiger partial charge in [-0.15, -0.1) is 24.5 Å². The lowest BCUT2D eigenvalue weighted by molar-refractivity contribution is -0.274. The zero-order valence-electron chi connectivity index (χ0n) is 12.6. The van der Waals surface area contributed by atoms with E-state index in [-0.39, 0.29) is 27.6 Å². The first-order chi connectivity index (χ1) is 11.8. The number of nitrogens with zero attached hydrogens (tertiary/aromatic N) is 1. The minimum Gasteiger partial charge on any atom is -0.404 e. The molecule has 3 rings (SSSR count). The van der Waals surface area contributed by atoms with Gasteiger partial charge < -0.3 is 10.5 Å². The third-order valence-corrected chi connectivity index (χ3v) is 4.17. The highest BCUT2D eigenvalue weighted by atomic mass is 32.1. The molecule has 0 saturated carbocycles. The number of carbonyl (C=O) groups excluding carboxylic acids is 1. The van der Waals surface area contributed by atoms with Crippen LogP contribution in [-0.2, 0) is 0 Å². The molecule has 0 spiro atoms. The Morgan fingerprint density at radius 1 is 1.04 bits per heavy atom. The summed E-state index contributed by atoms with van der Waals surface area (Å²) in [6.45, 7) is 0. The van der Waals surface area contributed by atoms with E-state index in [1.54, 1.807) is 36.4 Å². The number of aromatic nitrogens is 1. The van der Waals surface area contributed by atoms with Crippen LogP contribution in [-0.4, -0.2) is 17.3 Å². The second kappa shape index (κ2) is 6.56. The molecule has 0 atom stereocenters. The average molecular weight is 364 g/mol. The van der Waals surface area contributed by atoms with Crippen LogP contribution in [0.1, 0.15) is 9.80 Å². The Morgan fingerprint density at radius 3 is 2.32 bits per heavy atom. The van der Waals surface area contributed by atoms with Gasteiger partial charge in [-0.25, -0.2) is 4.98 Å². The first-order valence-electron chi connectivity index (χ1n) is 7.05. The minimum atomic E-state index is -4.87. The van der Waals surface area contributed by atoms with E-state index in [1.807, 2.05) is 0 Å². The van der Waals surface area contributed by atoms with Gasteiger partial charge >= 0.3 is 6.36 Å². The summed E-state index contributed by atoms with van der Waals surface area (Å²) >= 11 is 0.958. The van der Waals surface area contributed by atoms with Crippen molar-refractivity contribution in [3.63, 3.8) is 0 Å². The Kier molecular flexibility index (Phi) is 4.45. The molecule has 1 amide bonds. The smallest absolute Gasteiger partial charge is 0.404 e. The molecule has 2 N–H and O–H groups in total. The second-order valence-corrected chi connectivity index (χ2v) is 5.86. The van der Waals surface area contributed by atoms with E-state index in [4.69, 9.17) is 5.73 Å². The Balaban J connectivity index is 2.19. The van der Waals surface area contributed by atoms with Crippen molar-refractivity contribution in [2.24, 2.45) is 5.73 Å². The van der Waals surface area contributed by atoms with Crippen molar-refractivity contribution in [3.8, 4) is 28.1 Å². The van der Waals surface area contributed by atoms with Gasteiger partial charge in [0.25, 0.3) is 5.91 Å². The molecule has 2 aromatic carbocycles. The number of primary amides is 1. The van der Waals surface area contributed by atoms with Crippen molar-refractivity contribution in [2.75, 3.05) is 0 Å². The van der Waals surface area contributed by atoms with E-state index in [1.165, 1.54) is 17.5 Å². The van der Waals surface area contributed by atoms with Crippen molar-refractivity contribution in [2.45, 2.75) is 6.36 Å². The van der Waals surface area contributed by atoms with Gasteiger partial charge in [0.15, 0.2) is 5.01 Å². The Hall–Kier alpha value is -2.87. The standard InChI is InChI=1S/C17H11F3N2O2S/c18-17(19,20)24-14-11(10-5-2-1-3-6-10)7-4-8-12(14)13-9-25-16(22-13)15(21)23/h1-9H,(H2,21,23).